The van der Waals surface area contributed by atoms with E-state index in [1.54, 1.807) is 11.9 Å². The maximum absolute atomic E-state index is 12.4. The number of carboxylic acids is 1. The van der Waals surface area contributed by atoms with Crippen LogP contribution in [0.3, 0.4) is 0 Å². The van der Waals surface area contributed by atoms with Gasteiger partial charge < -0.3 is 14.4 Å². The summed E-state index contributed by atoms with van der Waals surface area (Å²) in [5.41, 5.74) is 1.25. The van der Waals surface area contributed by atoms with Gasteiger partial charge in [-0.25, -0.2) is 4.79 Å². The van der Waals surface area contributed by atoms with Crippen molar-refractivity contribution in [2.24, 2.45) is 0 Å². The molecule has 0 atom stereocenters. The van der Waals surface area contributed by atoms with Crippen LogP contribution in [0.2, 0.25) is 0 Å². The van der Waals surface area contributed by atoms with Gasteiger partial charge in [0.15, 0.2) is 5.76 Å². The van der Waals surface area contributed by atoms with Crippen LogP contribution in [0.15, 0.2) is 47.1 Å². The van der Waals surface area contributed by atoms with Crippen molar-refractivity contribution in [3.63, 3.8) is 0 Å². The van der Waals surface area contributed by atoms with Crippen LogP contribution in [0.4, 0.5) is 0 Å². The van der Waals surface area contributed by atoms with Crippen LogP contribution in [0.25, 0.3) is 0 Å². The summed E-state index contributed by atoms with van der Waals surface area (Å²) >= 11 is 0. The summed E-state index contributed by atoms with van der Waals surface area (Å²) in [5, 5.41) is 8.88. The molecule has 0 bridgehead atoms. The normalized spacial score (nSPS) is 15.3. The van der Waals surface area contributed by atoms with E-state index in [1.807, 2.05) is 18.2 Å². The molecule has 1 aliphatic rings. The number of amides is 1. The van der Waals surface area contributed by atoms with Crippen molar-refractivity contribution in [3.05, 3.63) is 59.5 Å². The molecule has 5 nitrogen and oxygen atoms in total. The van der Waals surface area contributed by atoms with Gasteiger partial charge in [-0.1, -0.05) is 30.3 Å². The van der Waals surface area contributed by atoms with Gasteiger partial charge in [0.1, 0.15) is 6.26 Å². The summed E-state index contributed by atoms with van der Waals surface area (Å²) in [4.78, 5) is 24.8. The fraction of sp³-hybridized carbons (Fsp3) is 0.294. The number of carbonyl (C=O) groups is 2. The highest BCUT2D eigenvalue weighted by molar-refractivity contribution is 5.95. The zero-order chi connectivity index (χ0) is 15.7. The SMILES string of the molecule is CN(CC1(c2ccccc2)CC1)C(=O)c1cc(C(=O)O)co1. The Morgan fingerprint density at radius 2 is 1.95 bits per heavy atom. The number of likely N-dealkylation sites (N-methyl/N-ethyl adjacent to an activating group) is 1. The number of nitrogens with zero attached hydrogens (tertiary/aromatic N) is 1. The van der Waals surface area contributed by atoms with Crippen molar-refractivity contribution in [3.8, 4) is 0 Å². The maximum atomic E-state index is 12.4. The zero-order valence-corrected chi connectivity index (χ0v) is 12.3. The van der Waals surface area contributed by atoms with Gasteiger partial charge in [-0.05, 0) is 18.4 Å². The molecule has 2 aromatic rings. The summed E-state index contributed by atoms with van der Waals surface area (Å²) in [6.07, 6.45) is 3.19. The van der Waals surface area contributed by atoms with Crippen LogP contribution in [0.5, 0.6) is 0 Å². The first-order valence-corrected chi connectivity index (χ1v) is 7.15. The molecule has 0 radical (unpaired) electrons. The molecular weight excluding hydrogens is 282 g/mol. The number of hydrogen-bond acceptors (Lipinski definition) is 3. The molecule has 0 unspecified atom stereocenters. The van der Waals surface area contributed by atoms with Crippen molar-refractivity contribution >= 4 is 11.9 Å². The second kappa shape index (κ2) is 5.33. The van der Waals surface area contributed by atoms with Crippen LogP contribution >= 0.6 is 0 Å². The third kappa shape index (κ3) is 2.62. The first-order chi connectivity index (χ1) is 10.5. The van der Waals surface area contributed by atoms with Crippen LogP contribution in [0.1, 0.15) is 39.3 Å². The molecule has 3 rings (SSSR count). The van der Waals surface area contributed by atoms with E-state index in [0.717, 1.165) is 19.1 Å². The number of hydrogen-bond donors (Lipinski definition) is 1. The van der Waals surface area contributed by atoms with Crippen LogP contribution in [-0.4, -0.2) is 35.5 Å². The molecule has 5 heteroatoms. The van der Waals surface area contributed by atoms with E-state index in [4.69, 9.17) is 9.52 Å². The van der Waals surface area contributed by atoms with Gasteiger partial charge in [-0.2, -0.15) is 0 Å². The molecule has 114 valence electrons. The van der Waals surface area contributed by atoms with Gasteiger partial charge in [0.2, 0.25) is 0 Å². The Labute approximate surface area is 128 Å². The van der Waals surface area contributed by atoms with Crippen LogP contribution in [-0.2, 0) is 5.41 Å². The summed E-state index contributed by atoms with van der Waals surface area (Å²) in [6.45, 7) is 0.596. The maximum Gasteiger partial charge on any atom is 0.338 e. The lowest BCUT2D eigenvalue weighted by molar-refractivity contribution is 0.0695. The third-order valence-electron chi connectivity index (χ3n) is 4.18. The van der Waals surface area contributed by atoms with Crippen molar-refractivity contribution in [1.29, 1.82) is 0 Å². The molecule has 1 saturated carbocycles. The summed E-state index contributed by atoms with van der Waals surface area (Å²) in [5.74, 6) is -1.34. The number of furan rings is 1. The van der Waals surface area contributed by atoms with E-state index in [0.29, 0.717) is 6.54 Å². The minimum absolute atomic E-state index is 0.0130. The van der Waals surface area contributed by atoms with Gasteiger partial charge in [0.05, 0.1) is 5.56 Å². The highest BCUT2D eigenvalue weighted by Crippen LogP contribution is 2.48. The summed E-state index contributed by atoms with van der Waals surface area (Å²) < 4.78 is 5.08. The van der Waals surface area contributed by atoms with E-state index < -0.39 is 5.97 Å². The molecule has 1 N–H and O–H groups in total. The van der Waals surface area contributed by atoms with Gasteiger partial charge in [0, 0.05) is 25.1 Å². The van der Waals surface area contributed by atoms with E-state index in [-0.39, 0.29) is 22.6 Å². The Morgan fingerprint density at radius 1 is 1.27 bits per heavy atom. The lowest BCUT2D eigenvalue weighted by atomic mass is 9.95. The minimum Gasteiger partial charge on any atom is -0.478 e. The predicted molar refractivity (Wildman–Crippen MR) is 80.0 cm³/mol. The first-order valence-electron chi connectivity index (χ1n) is 7.15. The van der Waals surface area contributed by atoms with Crippen molar-refractivity contribution in [2.75, 3.05) is 13.6 Å². The van der Waals surface area contributed by atoms with Crippen molar-refractivity contribution in [2.45, 2.75) is 18.3 Å². The molecule has 0 saturated heterocycles. The van der Waals surface area contributed by atoms with E-state index >= 15 is 0 Å². The van der Waals surface area contributed by atoms with Gasteiger partial charge in [-0.15, -0.1) is 0 Å². The molecule has 1 aromatic carbocycles. The Hall–Kier alpha value is -2.56. The molecular formula is C17H17NO4. The molecule has 0 spiro atoms. The monoisotopic (exact) mass is 299 g/mol. The van der Waals surface area contributed by atoms with Crippen molar-refractivity contribution < 1.29 is 19.1 Å². The molecule has 1 fully saturated rings. The summed E-state index contributed by atoms with van der Waals surface area (Å²) in [6, 6.07) is 11.4. The molecule has 1 heterocycles. The quantitative estimate of drug-likeness (QED) is 0.921. The smallest absolute Gasteiger partial charge is 0.338 e. The molecule has 0 aliphatic heterocycles. The Kier molecular flexibility index (Phi) is 3.48. The number of benzene rings is 1. The lowest BCUT2D eigenvalue weighted by Crippen LogP contribution is -2.34. The second-order valence-electron chi connectivity index (χ2n) is 5.81. The number of carboxylic acid groups (broad SMARTS) is 1. The van der Waals surface area contributed by atoms with Crippen LogP contribution in [0, 0.1) is 0 Å². The third-order valence-corrected chi connectivity index (χ3v) is 4.18. The first kappa shape index (κ1) is 14.4. The van der Waals surface area contributed by atoms with Crippen molar-refractivity contribution in [1.82, 2.24) is 4.90 Å². The minimum atomic E-state index is -1.10. The average molecular weight is 299 g/mol. The zero-order valence-electron chi connectivity index (χ0n) is 12.3. The largest absolute Gasteiger partial charge is 0.478 e. The van der Waals surface area contributed by atoms with Crippen LogP contribution < -0.4 is 0 Å². The fourth-order valence-corrected chi connectivity index (χ4v) is 2.76. The fourth-order valence-electron chi connectivity index (χ4n) is 2.76. The molecule has 1 aromatic heterocycles. The Bertz CT molecular complexity index is 700. The Morgan fingerprint density at radius 3 is 2.50 bits per heavy atom. The highest BCUT2D eigenvalue weighted by Gasteiger charge is 2.45. The predicted octanol–water partition coefficient (Wildman–Crippen LogP) is 2.78. The Balaban J connectivity index is 1.73. The average Bonchev–Trinajstić information content (AvgIpc) is 3.13. The van der Waals surface area contributed by atoms with E-state index in [1.165, 1.54) is 11.6 Å². The number of carbonyl (C=O) groups excluding carboxylic acids is 1. The highest BCUT2D eigenvalue weighted by atomic mass is 16.4. The van der Waals surface area contributed by atoms with Gasteiger partial charge in [-0.3, -0.25) is 4.79 Å². The molecule has 1 amide bonds. The van der Waals surface area contributed by atoms with E-state index in [9.17, 15) is 9.59 Å². The number of rotatable bonds is 5. The van der Waals surface area contributed by atoms with Gasteiger partial charge >= 0.3 is 5.97 Å². The molecule has 22 heavy (non-hydrogen) atoms. The summed E-state index contributed by atoms with van der Waals surface area (Å²) in [7, 11) is 1.72. The number of aromatic carboxylic acids is 1. The second-order valence-corrected chi connectivity index (χ2v) is 5.81. The van der Waals surface area contributed by atoms with Gasteiger partial charge in [0.25, 0.3) is 5.91 Å². The standard InChI is InChI=1S/C17H17NO4/c1-18(15(19)14-9-12(10-22-14)16(20)21)11-17(7-8-17)13-5-3-2-4-6-13/h2-6,9-10H,7-8,11H2,1H3,(H,20,21). The molecule has 1 aliphatic carbocycles. The van der Waals surface area contributed by atoms with E-state index in [2.05, 4.69) is 12.1 Å². The topological polar surface area (TPSA) is 70.8 Å². The lowest BCUT2D eigenvalue weighted by Gasteiger charge is -2.23.